The molecule has 1 aliphatic heterocycles. The quantitative estimate of drug-likeness (QED) is 0.374. The number of nitrogens with one attached hydrogen (secondary N) is 1. The van der Waals surface area contributed by atoms with Gasteiger partial charge in [0.1, 0.15) is 10.8 Å². The van der Waals surface area contributed by atoms with Gasteiger partial charge in [0.2, 0.25) is 5.91 Å². The van der Waals surface area contributed by atoms with E-state index in [-0.39, 0.29) is 18.9 Å². The maximum Gasteiger partial charge on any atom is 0.410 e. The van der Waals surface area contributed by atoms with Crippen molar-refractivity contribution in [3.8, 4) is 6.07 Å². The van der Waals surface area contributed by atoms with Crippen LogP contribution in [-0.2, 0) is 24.8 Å². The van der Waals surface area contributed by atoms with Crippen LogP contribution in [-0.4, -0.2) is 48.9 Å². The Bertz CT molecular complexity index is 1590. The molecule has 3 aromatic carbocycles. The summed E-state index contributed by atoms with van der Waals surface area (Å²) in [6, 6.07) is 27.1. The third-order valence-electron chi connectivity index (χ3n) is 8.58. The van der Waals surface area contributed by atoms with E-state index >= 15 is 0 Å². The molecule has 1 heterocycles. The minimum Gasteiger partial charge on any atom is -0.425 e. The van der Waals surface area contributed by atoms with E-state index in [9.17, 15) is 23.3 Å². The molecule has 2 saturated carbocycles. The Balaban J connectivity index is 1.33. The molecule has 216 valence electrons. The maximum atomic E-state index is 14.4. The molecule has 0 spiro atoms. The van der Waals surface area contributed by atoms with Gasteiger partial charge in [0.15, 0.2) is 16.1 Å². The summed E-state index contributed by atoms with van der Waals surface area (Å²) in [5, 5.41) is 10.6. The minimum atomic E-state index is -3.94. The van der Waals surface area contributed by atoms with Crippen molar-refractivity contribution in [2.24, 2.45) is 0 Å². The molecular weight excluding hydrogens is 574 g/mol. The first kappa shape index (κ1) is 28.3. The van der Waals surface area contributed by atoms with E-state index in [1.54, 1.807) is 60.7 Å². The van der Waals surface area contributed by atoms with Crippen molar-refractivity contribution in [1.29, 1.82) is 5.26 Å². The van der Waals surface area contributed by atoms with Crippen LogP contribution in [0.25, 0.3) is 0 Å². The third-order valence-corrected chi connectivity index (χ3v) is 11.3. The molecule has 3 aliphatic rings. The number of sulfone groups is 1. The number of nitrogens with zero attached hydrogens (tertiary/aromatic N) is 2. The van der Waals surface area contributed by atoms with E-state index in [4.69, 9.17) is 16.3 Å². The lowest BCUT2D eigenvalue weighted by Gasteiger charge is -2.29. The Morgan fingerprint density at radius 2 is 1.50 bits per heavy atom. The number of rotatable bonds is 8. The molecule has 0 aromatic heterocycles. The predicted molar refractivity (Wildman–Crippen MR) is 157 cm³/mol. The molecule has 0 radical (unpaired) electrons. The largest absolute Gasteiger partial charge is 0.425 e. The highest BCUT2D eigenvalue weighted by molar-refractivity contribution is 7.92. The van der Waals surface area contributed by atoms with Crippen molar-refractivity contribution in [3.63, 3.8) is 0 Å². The fourth-order valence-corrected chi connectivity index (χ4v) is 8.27. The molecule has 8 nitrogen and oxygen atoms in total. The summed E-state index contributed by atoms with van der Waals surface area (Å²) in [6.07, 6.45) is 0.186. The second-order valence-corrected chi connectivity index (χ2v) is 14.1. The SMILES string of the molecule is N#CC1(NC(=O)O[C@H]2C[C@@H](S(=O)(=O)C(c3ccccc3)c3ccccc3)CN2C(=O)C2(c3ccc(Cl)cc3)CC2)CC1. The summed E-state index contributed by atoms with van der Waals surface area (Å²) in [6.45, 7) is -0.117. The summed E-state index contributed by atoms with van der Waals surface area (Å²) in [5.74, 6) is -0.280. The zero-order chi connectivity index (χ0) is 29.5. The summed E-state index contributed by atoms with van der Waals surface area (Å²) in [5.41, 5.74) is 0.230. The number of alkyl carbamates (subject to hydrolysis) is 1. The number of likely N-dealkylation sites (tertiary alicyclic amines) is 1. The lowest BCUT2D eigenvalue weighted by molar-refractivity contribution is -0.140. The molecule has 2 aliphatic carbocycles. The van der Waals surface area contributed by atoms with Crippen molar-refractivity contribution in [3.05, 3.63) is 107 Å². The molecule has 1 N–H and O–H groups in total. The molecule has 1 saturated heterocycles. The monoisotopic (exact) mass is 603 g/mol. The van der Waals surface area contributed by atoms with Crippen molar-refractivity contribution >= 4 is 33.4 Å². The van der Waals surface area contributed by atoms with E-state index in [1.165, 1.54) is 4.90 Å². The van der Waals surface area contributed by atoms with Gasteiger partial charge >= 0.3 is 6.09 Å². The fraction of sp³-hybridized carbons (Fsp3) is 0.344. The number of amides is 2. The normalized spacial score (nSPS) is 21.8. The van der Waals surface area contributed by atoms with E-state index < -0.39 is 43.6 Å². The summed E-state index contributed by atoms with van der Waals surface area (Å²) >= 11 is 6.09. The number of carbonyl (C=O) groups excluding carboxylic acids is 2. The molecular formula is C32H30ClN3O5S. The third kappa shape index (κ3) is 5.25. The summed E-state index contributed by atoms with van der Waals surface area (Å²) in [4.78, 5) is 28.5. The molecule has 3 fully saturated rings. The van der Waals surface area contributed by atoms with Gasteiger partial charge in [-0.1, -0.05) is 84.4 Å². The summed E-state index contributed by atoms with van der Waals surface area (Å²) < 4.78 is 34.6. The number of halogens is 1. The average Bonchev–Trinajstić information content (AvgIpc) is 3.92. The van der Waals surface area contributed by atoms with Crippen LogP contribution in [0, 0.1) is 11.3 Å². The highest BCUT2D eigenvalue weighted by Crippen LogP contribution is 2.51. The van der Waals surface area contributed by atoms with Crippen molar-refractivity contribution in [2.45, 2.75) is 59.8 Å². The first-order chi connectivity index (χ1) is 20.2. The first-order valence-corrected chi connectivity index (χ1v) is 16.0. The van der Waals surface area contributed by atoms with Crippen LogP contribution in [0.5, 0.6) is 0 Å². The number of nitriles is 1. The van der Waals surface area contributed by atoms with Gasteiger partial charge in [-0.2, -0.15) is 5.26 Å². The number of carbonyl (C=O) groups is 2. The van der Waals surface area contributed by atoms with Gasteiger partial charge in [-0.25, -0.2) is 13.2 Å². The van der Waals surface area contributed by atoms with Gasteiger partial charge in [-0.15, -0.1) is 0 Å². The van der Waals surface area contributed by atoms with Crippen LogP contribution < -0.4 is 5.32 Å². The molecule has 2 atom stereocenters. The molecule has 10 heteroatoms. The van der Waals surface area contributed by atoms with E-state index in [1.807, 2.05) is 24.3 Å². The lowest BCUT2D eigenvalue weighted by Crippen LogP contribution is -2.47. The molecule has 2 amide bonds. The van der Waals surface area contributed by atoms with Crippen LogP contribution in [0.4, 0.5) is 4.79 Å². The number of ether oxygens (including phenoxy) is 1. The van der Waals surface area contributed by atoms with Gasteiger partial charge in [0.25, 0.3) is 0 Å². The Hall–Kier alpha value is -3.87. The van der Waals surface area contributed by atoms with E-state index in [0.29, 0.717) is 41.8 Å². The number of hydrogen-bond donors (Lipinski definition) is 1. The van der Waals surface area contributed by atoms with Gasteiger partial charge < -0.3 is 15.0 Å². The second kappa shape index (κ2) is 10.8. The lowest BCUT2D eigenvalue weighted by atomic mass is 9.94. The molecule has 42 heavy (non-hydrogen) atoms. The Morgan fingerprint density at radius 3 is 2.00 bits per heavy atom. The van der Waals surface area contributed by atoms with Gasteiger partial charge in [-0.3, -0.25) is 4.79 Å². The van der Waals surface area contributed by atoms with Crippen molar-refractivity contribution < 1.29 is 22.7 Å². The predicted octanol–water partition coefficient (Wildman–Crippen LogP) is 5.29. The molecule has 0 unspecified atom stereocenters. The van der Waals surface area contributed by atoms with E-state index in [2.05, 4.69) is 11.4 Å². The maximum absolute atomic E-state index is 14.4. The average molecular weight is 604 g/mol. The van der Waals surface area contributed by atoms with Crippen LogP contribution in [0.15, 0.2) is 84.9 Å². The number of hydrogen-bond acceptors (Lipinski definition) is 6. The highest BCUT2D eigenvalue weighted by atomic mass is 35.5. The van der Waals surface area contributed by atoms with Gasteiger partial charge in [0, 0.05) is 18.0 Å². The number of benzene rings is 3. The smallest absolute Gasteiger partial charge is 0.410 e. The summed E-state index contributed by atoms with van der Waals surface area (Å²) in [7, 11) is -3.94. The minimum absolute atomic E-state index is 0.0755. The first-order valence-electron chi connectivity index (χ1n) is 14.0. The molecule has 3 aromatic rings. The zero-order valence-electron chi connectivity index (χ0n) is 22.8. The molecule has 6 rings (SSSR count). The molecule has 0 bridgehead atoms. The Labute approximate surface area is 250 Å². The van der Waals surface area contributed by atoms with Crippen LogP contribution in [0.3, 0.4) is 0 Å². The topological polar surface area (TPSA) is 117 Å². The van der Waals surface area contributed by atoms with Crippen molar-refractivity contribution in [1.82, 2.24) is 10.2 Å². The Kier molecular flexibility index (Phi) is 7.24. The van der Waals surface area contributed by atoms with Crippen molar-refractivity contribution in [2.75, 3.05) is 6.54 Å². The van der Waals surface area contributed by atoms with Gasteiger partial charge in [0.05, 0.1) is 16.7 Å². The van der Waals surface area contributed by atoms with Crippen LogP contribution in [0.2, 0.25) is 5.02 Å². The fourth-order valence-electron chi connectivity index (χ4n) is 5.88. The second-order valence-electron chi connectivity index (χ2n) is 11.4. The van der Waals surface area contributed by atoms with Crippen LogP contribution in [0.1, 0.15) is 54.0 Å². The highest BCUT2D eigenvalue weighted by Gasteiger charge is 2.57. The zero-order valence-corrected chi connectivity index (χ0v) is 24.4. The standard InChI is InChI=1S/C32H30ClN3O5S/c33-25-13-11-24(12-14-25)32(17-18-32)29(37)36-20-26(19-27(36)41-30(38)35-31(21-34)15-16-31)42(39,40)28(22-7-3-1-4-8-22)23-9-5-2-6-10-23/h1-14,26-28H,15-20H2,(H,35,38)/t26-,27+/m1/s1. The van der Waals surface area contributed by atoms with Gasteiger partial charge in [-0.05, 0) is 54.5 Å². The van der Waals surface area contributed by atoms with Crippen LogP contribution >= 0.6 is 11.6 Å². The Morgan fingerprint density at radius 1 is 0.929 bits per heavy atom. The van der Waals surface area contributed by atoms with E-state index in [0.717, 1.165) is 5.56 Å².